The Bertz CT molecular complexity index is 937. The van der Waals surface area contributed by atoms with Gasteiger partial charge in [0.2, 0.25) is 0 Å². The zero-order valence-corrected chi connectivity index (χ0v) is 20.7. The van der Waals surface area contributed by atoms with Crippen molar-refractivity contribution in [2.24, 2.45) is 0 Å². The smallest absolute Gasteiger partial charge is 0.0372 e. The molecule has 0 radical (unpaired) electrons. The van der Waals surface area contributed by atoms with E-state index in [-0.39, 0.29) is 14.9 Å². The monoisotopic (exact) mass is 460 g/mol. The summed E-state index contributed by atoms with van der Waals surface area (Å²) in [5, 5.41) is 0. The number of rotatable bonds is 0. The number of aryl methyl sites for hydroxylation is 8. The molecular weight excluding hydrogens is 416 g/mol. The van der Waals surface area contributed by atoms with Crippen molar-refractivity contribution in [2.75, 3.05) is 0 Å². The molecule has 0 amide bonds. The highest BCUT2D eigenvalue weighted by Crippen LogP contribution is 2.00. The SMILES string of the molecule is C.C.Cc1ccc(C)nc1.Cc1ccncc1C.Cc1cncc(C)c1.Cc1cncc(C)c1. The van der Waals surface area contributed by atoms with Gasteiger partial charge in [-0.15, -0.1) is 0 Å². The van der Waals surface area contributed by atoms with Gasteiger partial charge in [0, 0.05) is 49.1 Å². The van der Waals surface area contributed by atoms with Crippen LogP contribution in [-0.4, -0.2) is 19.9 Å². The molecule has 0 aliphatic carbocycles. The maximum Gasteiger partial charge on any atom is 0.0372 e. The third-order valence-corrected chi connectivity index (χ3v) is 4.38. The number of pyridine rings is 4. The zero-order chi connectivity index (χ0) is 23.9. The molecule has 0 N–H and O–H groups in total. The number of hydrogen-bond donors (Lipinski definition) is 0. The lowest BCUT2D eigenvalue weighted by Crippen LogP contribution is -1.78. The molecule has 4 heterocycles. The van der Waals surface area contributed by atoms with E-state index in [0.29, 0.717) is 0 Å². The van der Waals surface area contributed by atoms with E-state index in [1.54, 1.807) is 0 Å². The van der Waals surface area contributed by atoms with Crippen molar-refractivity contribution < 1.29 is 0 Å². The molecule has 4 heteroatoms. The molecule has 4 aromatic rings. The van der Waals surface area contributed by atoms with Crippen LogP contribution in [0.15, 0.2) is 73.7 Å². The zero-order valence-electron chi connectivity index (χ0n) is 20.7. The topological polar surface area (TPSA) is 51.6 Å². The Balaban J connectivity index is 0. The molecular formula is C30H44N4. The summed E-state index contributed by atoms with van der Waals surface area (Å²) < 4.78 is 0. The average molecular weight is 461 g/mol. The molecule has 0 aliphatic rings. The van der Waals surface area contributed by atoms with E-state index in [2.05, 4.69) is 52.0 Å². The maximum absolute atomic E-state index is 4.08. The van der Waals surface area contributed by atoms with Gasteiger partial charge in [0.1, 0.15) is 0 Å². The molecule has 0 saturated heterocycles. The predicted molar refractivity (Wildman–Crippen MR) is 148 cm³/mol. The largest absolute Gasteiger partial charge is 0.264 e. The van der Waals surface area contributed by atoms with Gasteiger partial charge in [-0.1, -0.05) is 33.1 Å². The summed E-state index contributed by atoms with van der Waals surface area (Å²) in [7, 11) is 0. The van der Waals surface area contributed by atoms with E-state index >= 15 is 0 Å². The summed E-state index contributed by atoms with van der Waals surface area (Å²) >= 11 is 0. The van der Waals surface area contributed by atoms with Crippen LogP contribution in [0.25, 0.3) is 0 Å². The summed E-state index contributed by atoms with van der Waals surface area (Å²) in [6, 6.07) is 10.3. The maximum atomic E-state index is 4.08. The molecule has 4 aromatic heterocycles. The van der Waals surface area contributed by atoms with Gasteiger partial charge in [0.05, 0.1) is 0 Å². The van der Waals surface area contributed by atoms with E-state index in [1.807, 2.05) is 97.1 Å². The Labute approximate surface area is 208 Å². The first-order chi connectivity index (χ1) is 15.2. The Morgan fingerprint density at radius 2 is 0.912 bits per heavy atom. The molecule has 0 unspecified atom stereocenters. The number of nitrogens with zero attached hydrogens (tertiary/aromatic N) is 4. The second-order valence-electron chi connectivity index (χ2n) is 8.02. The van der Waals surface area contributed by atoms with E-state index in [4.69, 9.17) is 0 Å². The van der Waals surface area contributed by atoms with Crippen molar-refractivity contribution in [3.05, 3.63) is 118 Å². The fourth-order valence-corrected chi connectivity index (χ4v) is 2.50. The minimum Gasteiger partial charge on any atom is -0.264 e. The summed E-state index contributed by atoms with van der Waals surface area (Å²) in [6.45, 7) is 16.3. The van der Waals surface area contributed by atoms with Crippen LogP contribution >= 0.6 is 0 Å². The Morgan fingerprint density at radius 3 is 1.15 bits per heavy atom. The van der Waals surface area contributed by atoms with Gasteiger partial charge in [-0.2, -0.15) is 0 Å². The lowest BCUT2D eigenvalue weighted by Gasteiger charge is -1.92. The van der Waals surface area contributed by atoms with Crippen molar-refractivity contribution in [1.29, 1.82) is 0 Å². The summed E-state index contributed by atoms with van der Waals surface area (Å²) in [5.74, 6) is 0. The third kappa shape index (κ3) is 15.4. The van der Waals surface area contributed by atoms with E-state index in [1.165, 1.54) is 38.9 Å². The van der Waals surface area contributed by atoms with Gasteiger partial charge in [-0.3, -0.25) is 19.9 Å². The van der Waals surface area contributed by atoms with Gasteiger partial charge in [-0.25, -0.2) is 0 Å². The molecule has 4 rings (SSSR count). The molecule has 184 valence electrons. The highest BCUT2D eigenvalue weighted by Gasteiger charge is 1.85. The van der Waals surface area contributed by atoms with Crippen molar-refractivity contribution >= 4 is 0 Å². The van der Waals surface area contributed by atoms with Crippen LogP contribution < -0.4 is 0 Å². The molecule has 0 spiro atoms. The van der Waals surface area contributed by atoms with E-state index in [0.717, 1.165) is 5.69 Å². The van der Waals surface area contributed by atoms with Crippen LogP contribution in [0.1, 0.15) is 59.5 Å². The van der Waals surface area contributed by atoms with Crippen LogP contribution in [0.2, 0.25) is 0 Å². The summed E-state index contributed by atoms with van der Waals surface area (Å²) in [6.07, 6.45) is 13.0. The van der Waals surface area contributed by atoms with Gasteiger partial charge < -0.3 is 0 Å². The second-order valence-corrected chi connectivity index (χ2v) is 8.02. The van der Waals surface area contributed by atoms with Crippen LogP contribution in [0.3, 0.4) is 0 Å². The molecule has 0 saturated carbocycles. The summed E-state index contributed by atoms with van der Waals surface area (Å²) in [4.78, 5) is 16.0. The average Bonchev–Trinajstić information content (AvgIpc) is 2.73. The molecule has 0 aromatic carbocycles. The first-order valence-corrected chi connectivity index (χ1v) is 10.7. The molecule has 0 bridgehead atoms. The van der Waals surface area contributed by atoms with Crippen LogP contribution in [0, 0.1) is 55.4 Å². The van der Waals surface area contributed by atoms with Gasteiger partial charge in [-0.05, 0) is 106 Å². The third-order valence-electron chi connectivity index (χ3n) is 4.38. The summed E-state index contributed by atoms with van der Waals surface area (Å²) in [5.41, 5.74) is 9.77. The minimum absolute atomic E-state index is 0. The van der Waals surface area contributed by atoms with Crippen molar-refractivity contribution in [1.82, 2.24) is 19.9 Å². The lowest BCUT2D eigenvalue weighted by atomic mass is 10.2. The first-order valence-electron chi connectivity index (χ1n) is 10.7. The highest BCUT2D eigenvalue weighted by atomic mass is 14.6. The van der Waals surface area contributed by atoms with Gasteiger partial charge in [0.25, 0.3) is 0 Å². The quantitative estimate of drug-likeness (QED) is 0.266. The fraction of sp³-hybridized carbons (Fsp3) is 0.333. The Morgan fingerprint density at radius 1 is 0.441 bits per heavy atom. The van der Waals surface area contributed by atoms with Crippen LogP contribution in [0.5, 0.6) is 0 Å². The fourth-order valence-electron chi connectivity index (χ4n) is 2.50. The van der Waals surface area contributed by atoms with Crippen LogP contribution in [-0.2, 0) is 0 Å². The van der Waals surface area contributed by atoms with E-state index < -0.39 is 0 Å². The number of aromatic nitrogens is 4. The van der Waals surface area contributed by atoms with Crippen molar-refractivity contribution in [2.45, 2.75) is 70.2 Å². The molecule has 0 atom stereocenters. The normalized spacial score (nSPS) is 8.71. The van der Waals surface area contributed by atoms with Gasteiger partial charge in [0.15, 0.2) is 0 Å². The minimum atomic E-state index is 0. The van der Waals surface area contributed by atoms with Gasteiger partial charge >= 0.3 is 0 Å². The van der Waals surface area contributed by atoms with Crippen LogP contribution in [0.4, 0.5) is 0 Å². The first kappa shape index (κ1) is 32.8. The molecule has 0 fully saturated rings. The van der Waals surface area contributed by atoms with Crippen molar-refractivity contribution in [3.63, 3.8) is 0 Å². The second kappa shape index (κ2) is 18.1. The standard InChI is InChI=1S/4C7H9N.2CH4/c2*1-6-3-7(2)5-8-4-6;1-6-3-4-8-5-7(6)2;1-6-3-4-7(2)8-5-6;;/h4*3-5H,1-2H3;2*1H4. The predicted octanol–water partition coefficient (Wildman–Crippen LogP) is 8.07. The molecule has 34 heavy (non-hydrogen) atoms. The Kier molecular flexibility index (Phi) is 17.4. The molecule has 4 nitrogen and oxygen atoms in total. The number of hydrogen-bond acceptors (Lipinski definition) is 4. The Hall–Kier alpha value is -3.40. The highest BCUT2D eigenvalue weighted by molar-refractivity contribution is 5.19. The van der Waals surface area contributed by atoms with E-state index in [9.17, 15) is 0 Å². The lowest BCUT2D eigenvalue weighted by molar-refractivity contribution is 1.17. The van der Waals surface area contributed by atoms with Crippen molar-refractivity contribution in [3.8, 4) is 0 Å². The molecule has 0 aliphatic heterocycles.